The maximum Gasteiger partial charge on any atom is 4.00 e. The van der Waals surface area contributed by atoms with Crippen LogP contribution in [0.4, 0.5) is 0 Å². The normalized spacial score (nSPS) is 18.8. The topological polar surface area (TPSA) is 69.3 Å². The van der Waals surface area contributed by atoms with Gasteiger partial charge in [0.25, 0.3) is 0 Å². The largest absolute Gasteiger partial charge is 4.00 e. The minimum absolute atomic E-state index is 0. The molecule has 0 bridgehead atoms. The summed E-state index contributed by atoms with van der Waals surface area (Å²) in [5, 5.41) is 19.4. The zero-order chi connectivity index (χ0) is 15.0. The molecule has 6 heteroatoms. The fraction of sp³-hybridized carbons (Fsp3) is 0.812. The Labute approximate surface area is 150 Å². The van der Waals surface area contributed by atoms with E-state index in [1.165, 1.54) is 38.5 Å². The van der Waals surface area contributed by atoms with Crippen LogP contribution in [0.5, 0.6) is 0 Å². The Hall–Kier alpha value is -0.196. The first kappa shape index (κ1) is 21.8. The van der Waals surface area contributed by atoms with Crippen molar-refractivity contribution in [2.75, 3.05) is 39.3 Å². The minimum atomic E-state index is 0. The molecule has 4 rings (SSSR count). The molecular weight excluding hydrogens is 310 g/mol. The van der Waals surface area contributed by atoms with Gasteiger partial charge in [0.2, 0.25) is 0 Å². The van der Waals surface area contributed by atoms with Gasteiger partial charge in [-0.2, -0.15) is 6.20 Å². The molecule has 4 heterocycles. The second kappa shape index (κ2) is 17.2. The van der Waals surface area contributed by atoms with E-state index in [1.54, 1.807) is 12.4 Å². The first-order valence-electron chi connectivity index (χ1n) is 8.19. The molecule has 0 N–H and O–H groups in total. The zero-order valence-electron chi connectivity index (χ0n) is 13.9. The second-order valence-corrected chi connectivity index (χ2v) is 5.37. The average Bonchev–Trinajstić information content (AvgIpc) is 3.28. The van der Waals surface area contributed by atoms with E-state index in [1.807, 2.05) is 6.92 Å². The molecule has 3 fully saturated rings. The van der Waals surface area contributed by atoms with Gasteiger partial charge in [0.1, 0.15) is 0 Å². The van der Waals surface area contributed by atoms with Gasteiger partial charge in [-0.1, -0.05) is 44.1 Å². The van der Waals surface area contributed by atoms with Crippen molar-refractivity contribution in [3.8, 4) is 0 Å². The number of aryl methyl sites for hydroxylation is 1. The quantitative estimate of drug-likeness (QED) is 0.675. The van der Waals surface area contributed by atoms with Gasteiger partial charge in [0.05, 0.1) is 0 Å². The molecule has 1 aromatic heterocycles. The zero-order valence-corrected chi connectivity index (χ0v) is 15.4. The molecule has 0 unspecified atom stereocenters. The first-order valence-corrected chi connectivity index (χ1v) is 8.19. The van der Waals surface area contributed by atoms with Crippen LogP contribution >= 0.6 is 0 Å². The van der Waals surface area contributed by atoms with Crippen LogP contribution < -0.4 is 5.10 Å². The molecule has 0 radical (unpaired) electrons. The van der Waals surface area contributed by atoms with E-state index in [4.69, 9.17) is 0 Å². The third-order valence-electron chi connectivity index (χ3n) is 3.24. The number of nitrogens with zero attached hydrogens (tertiary/aromatic N) is 5. The van der Waals surface area contributed by atoms with Crippen molar-refractivity contribution in [3.05, 3.63) is 33.9 Å². The number of aromatic nitrogens is 2. The number of hydrogen-bond acceptors (Lipinski definition) is 1. The maximum absolute atomic E-state index is 4.08. The monoisotopic (exact) mass is 339 g/mol. The van der Waals surface area contributed by atoms with Crippen molar-refractivity contribution in [1.29, 1.82) is 0 Å². The minimum Gasteiger partial charge on any atom is -0.662 e. The summed E-state index contributed by atoms with van der Waals surface area (Å²) < 4.78 is 0. The molecule has 1 aromatic rings. The van der Waals surface area contributed by atoms with Crippen LogP contribution in [0.2, 0.25) is 0 Å². The Morgan fingerprint density at radius 3 is 1.18 bits per heavy atom. The third-order valence-corrected chi connectivity index (χ3v) is 3.24. The summed E-state index contributed by atoms with van der Waals surface area (Å²) in [5.41, 5.74) is 1.12. The van der Waals surface area contributed by atoms with E-state index in [2.05, 4.69) is 26.1 Å². The number of hydrogen-bond donors (Lipinski definition) is 0. The van der Waals surface area contributed by atoms with Gasteiger partial charge in [-0.15, -0.1) is 39.3 Å². The molecule has 0 amide bonds. The fourth-order valence-electron chi connectivity index (χ4n) is 1.96. The van der Waals surface area contributed by atoms with Crippen molar-refractivity contribution >= 4 is 0 Å². The van der Waals surface area contributed by atoms with Crippen LogP contribution in [0.15, 0.2) is 12.4 Å². The van der Waals surface area contributed by atoms with Crippen LogP contribution in [0.25, 0.3) is 16.0 Å². The van der Waals surface area contributed by atoms with Gasteiger partial charge in [-0.25, -0.2) is 0 Å². The van der Waals surface area contributed by atoms with E-state index >= 15 is 0 Å². The van der Waals surface area contributed by atoms with Crippen LogP contribution in [0.3, 0.4) is 0 Å². The van der Waals surface area contributed by atoms with Crippen LogP contribution in [-0.2, 0) is 21.7 Å². The van der Waals surface area contributed by atoms with E-state index in [9.17, 15) is 0 Å². The molecule has 5 nitrogen and oxygen atoms in total. The maximum atomic E-state index is 4.08. The summed E-state index contributed by atoms with van der Waals surface area (Å²) in [6.45, 7) is 8.71. The Bertz CT molecular complexity index is 247. The molecule has 122 valence electrons. The van der Waals surface area contributed by atoms with Crippen molar-refractivity contribution < 1.29 is 21.7 Å². The van der Waals surface area contributed by atoms with Crippen LogP contribution in [0, 0.1) is 6.92 Å². The van der Waals surface area contributed by atoms with E-state index < -0.39 is 0 Å². The van der Waals surface area contributed by atoms with Gasteiger partial charge in [0, 0.05) is 6.20 Å². The molecule has 0 saturated carbocycles. The van der Waals surface area contributed by atoms with E-state index in [-0.39, 0.29) is 21.7 Å². The van der Waals surface area contributed by atoms with Gasteiger partial charge in [-0.05, 0) is 6.92 Å². The molecule has 3 aliphatic rings. The SMILES string of the molecule is C1CC[N-]C1.C1CC[N-]C1.C1CC[N-]C1.Cc1cn[n-]c1.[Ti+4]. The summed E-state index contributed by atoms with van der Waals surface area (Å²) in [6.07, 6.45) is 11.4. The molecular formula is C16H29N5Ti. The van der Waals surface area contributed by atoms with Gasteiger partial charge in [0.15, 0.2) is 0 Å². The molecule has 22 heavy (non-hydrogen) atoms. The van der Waals surface area contributed by atoms with E-state index in [0.29, 0.717) is 0 Å². The van der Waals surface area contributed by atoms with Crippen LogP contribution in [-0.4, -0.2) is 44.4 Å². The molecule has 0 aliphatic carbocycles. The Balaban J connectivity index is 0.000000264. The van der Waals surface area contributed by atoms with Crippen molar-refractivity contribution in [2.24, 2.45) is 0 Å². The summed E-state index contributed by atoms with van der Waals surface area (Å²) in [5.74, 6) is 0. The Kier molecular flexibility index (Phi) is 17.0. The molecule has 3 saturated heterocycles. The molecule has 3 aliphatic heterocycles. The Morgan fingerprint density at radius 2 is 1.09 bits per heavy atom. The molecule has 0 aromatic carbocycles. The van der Waals surface area contributed by atoms with Gasteiger partial charge in [-0.3, -0.25) is 0 Å². The predicted octanol–water partition coefficient (Wildman–Crippen LogP) is 3.81. The third kappa shape index (κ3) is 14.7. The number of rotatable bonds is 0. The Morgan fingerprint density at radius 1 is 0.727 bits per heavy atom. The molecule has 0 atom stereocenters. The van der Waals surface area contributed by atoms with Gasteiger partial charge < -0.3 is 26.1 Å². The van der Waals surface area contributed by atoms with Gasteiger partial charge >= 0.3 is 21.7 Å². The first-order chi connectivity index (χ1) is 10.4. The summed E-state index contributed by atoms with van der Waals surface area (Å²) in [7, 11) is 0. The predicted molar refractivity (Wildman–Crippen MR) is 89.3 cm³/mol. The summed E-state index contributed by atoms with van der Waals surface area (Å²) in [4.78, 5) is 0. The average molecular weight is 339 g/mol. The molecule has 0 spiro atoms. The fourth-order valence-corrected chi connectivity index (χ4v) is 1.96. The van der Waals surface area contributed by atoms with E-state index in [0.717, 1.165) is 44.8 Å². The summed E-state index contributed by atoms with van der Waals surface area (Å²) in [6, 6.07) is 0. The standard InChI is InChI=1S/C4H5N2.3C4H8N.Ti/c1-4-2-5-6-3-4;3*1-2-4-5-3-1;/h2-3H,1H3;3*1-4H2;/q4*-1;+4. The van der Waals surface area contributed by atoms with Crippen molar-refractivity contribution in [1.82, 2.24) is 10.2 Å². The van der Waals surface area contributed by atoms with Crippen molar-refractivity contribution in [2.45, 2.75) is 45.4 Å². The van der Waals surface area contributed by atoms with Crippen molar-refractivity contribution in [3.63, 3.8) is 0 Å². The van der Waals surface area contributed by atoms with Crippen LogP contribution in [0.1, 0.15) is 44.1 Å². The second-order valence-electron chi connectivity index (χ2n) is 5.37. The smallest absolute Gasteiger partial charge is 0.662 e. The summed E-state index contributed by atoms with van der Waals surface area (Å²) >= 11 is 0.